The maximum atomic E-state index is 12.1. The van der Waals surface area contributed by atoms with E-state index in [9.17, 15) is 4.57 Å². The predicted molar refractivity (Wildman–Crippen MR) is 76.6 cm³/mol. The predicted octanol–water partition coefficient (Wildman–Crippen LogP) is 1.70. The molecule has 0 aliphatic heterocycles. The highest BCUT2D eigenvalue weighted by Crippen LogP contribution is 2.46. The Morgan fingerprint density at radius 1 is 1.38 bits per heavy atom. The SMILES string of the molecule is CCOP(=O)(CC[n+]1ccc(-c2ccncn2)cn1)OC. The summed E-state index contributed by atoms with van der Waals surface area (Å²) < 4.78 is 24.0. The molecule has 0 amide bonds. The average molecular weight is 309 g/mol. The first-order valence-electron chi connectivity index (χ1n) is 6.58. The van der Waals surface area contributed by atoms with E-state index >= 15 is 0 Å². The van der Waals surface area contributed by atoms with Crippen molar-refractivity contribution in [1.29, 1.82) is 0 Å². The van der Waals surface area contributed by atoms with E-state index in [0.29, 0.717) is 13.2 Å². The molecule has 2 rings (SSSR count). The Bertz CT molecular complexity index is 607. The zero-order chi connectivity index (χ0) is 15.1. The summed E-state index contributed by atoms with van der Waals surface area (Å²) in [6, 6.07) is 3.71. The molecule has 8 heteroatoms. The molecule has 2 aromatic rings. The van der Waals surface area contributed by atoms with Crippen molar-refractivity contribution in [3.05, 3.63) is 37.1 Å². The van der Waals surface area contributed by atoms with Crippen LogP contribution in [-0.4, -0.2) is 34.9 Å². The summed E-state index contributed by atoms with van der Waals surface area (Å²) in [5.41, 5.74) is 1.70. The zero-order valence-corrected chi connectivity index (χ0v) is 12.9. The Labute approximate surface area is 123 Å². The van der Waals surface area contributed by atoms with Crippen LogP contribution in [0.2, 0.25) is 0 Å². The van der Waals surface area contributed by atoms with Crippen LogP contribution in [0.3, 0.4) is 0 Å². The molecule has 7 nitrogen and oxygen atoms in total. The first-order chi connectivity index (χ1) is 10.2. The standard InChI is InChI=1S/C13H18N4O3P/c1-3-20-21(18,19-2)9-8-17-7-5-12(10-16-17)13-4-6-14-11-15-13/h4-7,10-11H,3,8-9H2,1-2H3/q+1. The number of hydrogen-bond donors (Lipinski definition) is 0. The van der Waals surface area contributed by atoms with Gasteiger partial charge in [0.05, 0.1) is 12.3 Å². The Morgan fingerprint density at radius 2 is 2.24 bits per heavy atom. The number of aromatic nitrogens is 4. The summed E-state index contributed by atoms with van der Waals surface area (Å²) in [7, 11) is -1.62. The van der Waals surface area contributed by atoms with Gasteiger partial charge in [-0.05, 0) is 18.1 Å². The Hall–Kier alpha value is -1.69. The zero-order valence-electron chi connectivity index (χ0n) is 12.0. The van der Waals surface area contributed by atoms with Gasteiger partial charge in [0, 0.05) is 24.9 Å². The van der Waals surface area contributed by atoms with Crippen LogP contribution in [0.1, 0.15) is 6.92 Å². The van der Waals surface area contributed by atoms with Gasteiger partial charge in [-0.15, -0.1) is 0 Å². The smallest absolute Gasteiger partial charge is 0.312 e. The van der Waals surface area contributed by atoms with Crippen LogP contribution in [0, 0.1) is 0 Å². The molecule has 21 heavy (non-hydrogen) atoms. The van der Waals surface area contributed by atoms with Crippen LogP contribution in [0.5, 0.6) is 0 Å². The van der Waals surface area contributed by atoms with E-state index in [-0.39, 0.29) is 6.16 Å². The Kier molecular flexibility index (Phi) is 5.50. The maximum absolute atomic E-state index is 12.1. The second-order valence-corrected chi connectivity index (χ2v) is 6.50. The van der Waals surface area contributed by atoms with Crippen molar-refractivity contribution in [2.45, 2.75) is 13.5 Å². The molecular weight excluding hydrogens is 291 g/mol. The molecule has 0 N–H and O–H groups in total. The van der Waals surface area contributed by atoms with Gasteiger partial charge < -0.3 is 9.05 Å². The van der Waals surface area contributed by atoms with Crippen LogP contribution >= 0.6 is 7.60 Å². The fourth-order valence-corrected chi connectivity index (χ4v) is 3.02. The summed E-state index contributed by atoms with van der Waals surface area (Å²) in [5.74, 6) is 0. The van der Waals surface area contributed by atoms with Crippen molar-refractivity contribution in [2.24, 2.45) is 0 Å². The van der Waals surface area contributed by atoms with Crippen molar-refractivity contribution in [1.82, 2.24) is 15.1 Å². The van der Waals surface area contributed by atoms with Crippen LogP contribution in [0.15, 0.2) is 37.1 Å². The molecule has 0 aromatic carbocycles. The van der Waals surface area contributed by atoms with E-state index < -0.39 is 7.60 Å². The van der Waals surface area contributed by atoms with Gasteiger partial charge in [-0.3, -0.25) is 4.57 Å². The van der Waals surface area contributed by atoms with E-state index in [0.717, 1.165) is 11.3 Å². The summed E-state index contributed by atoms with van der Waals surface area (Å²) >= 11 is 0. The first kappa shape index (κ1) is 15.7. The highest BCUT2D eigenvalue weighted by molar-refractivity contribution is 7.53. The van der Waals surface area contributed by atoms with Crippen molar-refractivity contribution >= 4 is 7.60 Å². The van der Waals surface area contributed by atoms with Crippen molar-refractivity contribution in [2.75, 3.05) is 19.9 Å². The third-order valence-electron chi connectivity index (χ3n) is 2.86. The molecule has 2 aromatic heterocycles. The molecule has 0 aliphatic carbocycles. The lowest BCUT2D eigenvalue weighted by atomic mass is 10.2. The Balaban J connectivity index is 2.02. The molecule has 112 valence electrons. The molecule has 0 bridgehead atoms. The fourth-order valence-electron chi connectivity index (χ4n) is 1.76. The molecule has 0 radical (unpaired) electrons. The minimum Gasteiger partial charge on any atom is -0.312 e. The number of nitrogens with zero attached hydrogens (tertiary/aromatic N) is 4. The minimum atomic E-state index is -3.02. The van der Waals surface area contributed by atoms with E-state index in [1.54, 1.807) is 24.0 Å². The fraction of sp³-hybridized carbons (Fsp3) is 0.385. The van der Waals surface area contributed by atoms with Crippen LogP contribution in [-0.2, 0) is 20.2 Å². The van der Waals surface area contributed by atoms with Crippen molar-refractivity contribution < 1.29 is 18.3 Å². The maximum Gasteiger partial charge on any atom is 0.336 e. The minimum absolute atomic E-state index is 0.280. The lowest BCUT2D eigenvalue weighted by molar-refractivity contribution is -0.750. The van der Waals surface area contributed by atoms with E-state index in [4.69, 9.17) is 9.05 Å². The number of hydrogen-bond acceptors (Lipinski definition) is 6. The lowest BCUT2D eigenvalue weighted by Gasteiger charge is -2.12. The summed E-state index contributed by atoms with van der Waals surface area (Å²) in [6.07, 6.45) is 6.97. The van der Waals surface area contributed by atoms with E-state index in [1.807, 2.05) is 18.3 Å². The molecule has 0 spiro atoms. The molecule has 0 fully saturated rings. The molecule has 0 saturated carbocycles. The van der Waals surface area contributed by atoms with Crippen molar-refractivity contribution in [3.8, 4) is 11.3 Å². The second kappa shape index (κ2) is 7.36. The first-order valence-corrected chi connectivity index (χ1v) is 8.31. The van der Waals surface area contributed by atoms with Gasteiger partial charge >= 0.3 is 7.60 Å². The summed E-state index contributed by atoms with van der Waals surface area (Å²) in [4.78, 5) is 8.03. The molecule has 1 atom stereocenters. The quantitative estimate of drug-likeness (QED) is 0.572. The van der Waals surface area contributed by atoms with Gasteiger partial charge in [-0.1, -0.05) is 4.68 Å². The van der Waals surface area contributed by atoms with Crippen LogP contribution < -0.4 is 4.68 Å². The highest BCUT2D eigenvalue weighted by atomic mass is 31.2. The molecule has 0 saturated heterocycles. The molecular formula is C13H18N4O3P+. The van der Waals surface area contributed by atoms with Gasteiger partial charge in [0.15, 0.2) is 12.7 Å². The molecule has 1 unspecified atom stereocenters. The third kappa shape index (κ3) is 4.39. The highest BCUT2D eigenvalue weighted by Gasteiger charge is 2.24. The normalized spacial score (nSPS) is 13.8. The van der Waals surface area contributed by atoms with Crippen LogP contribution in [0.25, 0.3) is 11.3 Å². The second-order valence-electron chi connectivity index (χ2n) is 4.21. The average Bonchev–Trinajstić information content (AvgIpc) is 2.55. The Morgan fingerprint density at radius 3 is 2.81 bits per heavy atom. The van der Waals surface area contributed by atoms with E-state index in [1.165, 1.54) is 13.4 Å². The van der Waals surface area contributed by atoms with Gasteiger partial charge in [0.2, 0.25) is 0 Å². The molecule has 2 heterocycles. The van der Waals surface area contributed by atoms with Gasteiger partial charge in [-0.25, -0.2) is 9.97 Å². The van der Waals surface area contributed by atoms with Gasteiger partial charge in [0.1, 0.15) is 18.7 Å². The summed E-state index contributed by atoms with van der Waals surface area (Å²) in [6.45, 7) is 2.60. The number of aryl methyl sites for hydroxylation is 1. The van der Waals surface area contributed by atoms with Crippen molar-refractivity contribution in [3.63, 3.8) is 0 Å². The lowest BCUT2D eigenvalue weighted by Crippen LogP contribution is -2.39. The van der Waals surface area contributed by atoms with Gasteiger partial charge in [0.25, 0.3) is 0 Å². The monoisotopic (exact) mass is 309 g/mol. The topological polar surface area (TPSA) is 78.1 Å². The van der Waals surface area contributed by atoms with Gasteiger partial charge in [-0.2, -0.15) is 0 Å². The third-order valence-corrected chi connectivity index (χ3v) is 4.81. The number of rotatable bonds is 7. The summed E-state index contributed by atoms with van der Waals surface area (Å²) in [5, 5.41) is 4.28. The largest absolute Gasteiger partial charge is 0.336 e. The van der Waals surface area contributed by atoms with E-state index in [2.05, 4.69) is 15.1 Å². The van der Waals surface area contributed by atoms with Crippen LogP contribution in [0.4, 0.5) is 0 Å². The molecule has 0 aliphatic rings.